The number of amides is 1. The summed E-state index contributed by atoms with van der Waals surface area (Å²) in [6, 6.07) is 10.1. The first-order valence-electron chi connectivity index (χ1n) is 6.87. The third kappa shape index (κ3) is 2.17. The van der Waals surface area contributed by atoms with E-state index >= 15 is 0 Å². The van der Waals surface area contributed by atoms with E-state index in [1.54, 1.807) is 30.3 Å². The largest absolute Gasteiger partial charge is 0.450 e. The van der Waals surface area contributed by atoms with Crippen LogP contribution in [0, 0.1) is 5.82 Å². The molecule has 0 aliphatic carbocycles. The van der Waals surface area contributed by atoms with E-state index in [9.17, 15) is 14.0 Å². The van der Waals surface area contributed by atoms with Crippen molar-refractivity contribution in [3.63, 3.8) is 0 Å². The number of nitrogens with one attached hydrogen (secondary N) is 1. The summed E-state index contributed by atoms with van der Waals surface area (Å²) in [6.45, 7) is 0. The third-order valence-electron chi connectivity index (χ3n) is 3.86. The molecule has 4 nitrogen and oxygen atoms in total. The number of carbonyl (C=O) groups is 1. The van der Waals surface area contributed by atoms with Crippen LogP contribution in [0.25, 0.3) is 11.0 Å². The van der Waals surface area contributed by atoms with E-state index in [-0.39, 0.29) is 22.6 Å². The minimum Gasteiger partial charge on any atom is -0.450 e. The molecule has 2 heterocycles. The number of halogens is 2. The van der Waals surface area contributed by atoms with Gasteiger partial charge in [0.25, 0.3) is 5.91 Å². The first-order chi connectivity index (χ1) is 11.0. The Morgan fingerprint density at radius 3 is 2.57 bits per heavy atom. The van der Waals surface area contributed by atoms with Crippen LogP contribution < -0.4 is 10.7 Å². The summed E-state index contributed by atoms with van der Waals surface area (Å²) < 4.78 is 19.5. The average Bonchev–Trinajstić information content (AvgIpc) is 2.86. The molecule has 0 fully saturated rings. The Labute approximate surface area is 138 Å². The van der Waals surface area contributed by atoms with Gasteiger partial charge in [0.2, 0.25) is 5.76 Å². The van der Waals surface area contributed by atoms with Gasteiger partial charge in [0.1, 0.15) is 11.4 Å². The molecule has 3 aromatic rings. The topological polar surface area (TPSA) is 59.3 Å². The molecule has 1 N–H and O–H groups in total. The molecule has 1 unspecified atom stereocenters. The predicted molar refractivity (Wildman–Crippen MR) is 85.9 cm³/mol. The summed E-state index contributed by atoms with van der Waals surface area (Å²) in [5.74, 6) is -0.817. The minimum atomic E-state index is -0.641. The molecule has 114 valence electrons. The highest BCUT2D eigenvalue weighted by Crippen LogP contribution is 2.31. The molecule has 0 radical (unpaired) electrons. The Bertz CT molecular complexity index is 1010. The van der Waals surface area contributed by atoms with E-state index < -0.39 is 11.9 Å². The average molecular weight is 374 g/mol. The van der Waals surface area contributed by atoms with Crippen LogP contribution in [0.1, 0.15) is 27.7 Å². The van der Waals surface area contributed by atoms with E-state index in [0.717, 1.165) is 4.47 Å². The molecular formula is C17H9BrFNO3. The lowest BCUT2D eigenvalue weighted by Gasteiger charge is -2.11. The molecule has 0 saturated carbocycles. The standard InChI is InChI=1S/C17H9BrFNO3/c18-9-3-6-12-11(7-9)15(21)13-14(20-17(22)16(13)23-12)8-1-4-10(19)5-2-8/h1-7,14H,(H,20,22). The lowest BCUT2D eigenvalue weighted by molar-refractivity contribution is 0.0938. The number of hydrogen-bond donors (Lipinski definition) is 1. The zero-order valence-corrected chi connectivity index (χ0v) is 13.2. The van der Waals surface area contributed by atoms with Gasteiger partial charge in [0, 0.05) is 4.47 Å². The molecule has 2 aromatic carbocycles. The normalized spacial score (nSPS) is 16.4. The van der Waals surface area contributed by atoms with E-state index in [4.69, 9.17) is 4.42 Å². The van der Waals surface area contributed by atoms with E-state index in [0.29, 0.717) is 16.5 Å². The molecule has 1 aromatic heterocycles. The Morgan fingerprint density at radius 1 is 1.09 bits per heavy atom. The number of rotatable bonds is 1. The molecular weight excluding hydrogens is 365 g/mol. The quantitative estimate of drug-likeness (QED) is 0.709. The van der Waals surface area contributed by atoms with Gasteiger partial charge in [-0.15, -0.1) is 0 Å². The van der Waals surface area contributed by atoms with Gasteiger partial charge in [0.15, 0.2) is 5.43 Å². The number of benzene rings is 2. The maximum Gasteiger partial charge on any atom is 0.288 e. The van der Waals surface area contributed by atoms with Gasteiger partial charge in [0.05, 0.1) is 17.0 Å². The summed E-state index contributed by atoms with van der Waals surface area (Å²) in [6.07, 6.45) is 0. The maximum atomic E-state index is 13.1. The van der Waals surface area contributed by atoms with Crippen LogP contribution in [0.2, 0.25) is 0 Å². The van der Waals surface area contributed by atoms with Gasteiger partial charge in [-0.25, -0.2) is 4.39 Å². The van der Waals surface area contributed by atoms with Crippen molar-refractivity contribution in [1.29, 1.82) is 0 Å². The molecule has 0 bridgehead atoms. The molecule has 0 saturated heterocycles. The van der Waals surface area contributed by atoms with Gasteiger partial charge in [-0.1, -0.05) is 28.1 Å². The van der Waals surface area contributed by atoms with E-state index in [1.807, 2.05) is 0 Å². The van der Waals surface area contributed by atoms with Crippen LogP contribution in [0.3, 0.4) is 0 Å². The highest BCUT2D eigenvalue weighted by molar-refractivity contribution is 9.10. The first-order valence-corrected chi connectivity index (χ1v) is 7.66. The second-order valence-electron chi connectivity index (χ2n) is 5.27. The van der Waals surface area contributed by atoms with Crippen LogP contribution in [-0.2, 0) is 0 Å². The number of carbonyl (C=O) groups excluding carboxylic acids is 1. The summed E-state index contributed by atoms with van der Waals surface area (Å²) >= 11 is 3.32. The summed E-state index contributed by atoms with van der Waals surface area (Å²) in [7, 11) is 0. The Kier molecular flexibility index (Phi) is 3.09. The molecule has 1 aliphatic heterocycles. The highest BCUT2D eigenvalue weighted by atomic mass is 79.9. The maximum absolute atomic E-state index is 13.1. The molecule has 1 atom stereocenters. The van der Waals surface area contributed by atoms with Gasteiger partial charge >= 0.3 is 0 Å². The van der Waals surface area contributed by atoms with Crippen LogP contribution in [0.5, 0.6) is 0 Å². The Hall–Kier alpha value is -2.47. The fourth-order valence-corrected chi connectivity index (χ4v) is 3.15. The second kappa shape index (κ2) is 5.03. The molecule has 6 heteroatoms. The first kappa shape index (κ1) is 14.1. The SMILES string of the molecule is O=C1NC(c2ccc(F)cc2)c2c1oc1ccc(Br)cc1c2=O. The van der Waals surface area contributed by atoms with Gasteiger partial charge in [-0.3, -0.25) is 9.59 Å². The van der Waals surface area contributed by atoms with Crippen LogP contribution in [0.15, 0.2) is 56.1 Å². The molecule has 23 heavy (non-hydrogen) atoms. The lowest BCUT2D eigenvalue weighted by Crippen LogP contribution is -2.21. The summed E-state index contributed by atoms with van der Waals surface area (Å²) in [5.41, 5.74) is 0.967. The van der Waals surface area contributed by atoms with Crippen molar-refractivity contribution < 1.29 is 13.6 Å². The van der Waals surface area contributed by atoms with Crippen LogP contribution in [0.4, 0.5) is 4.39 Å². The van der Waals surface area contributed by atoms with Crippen molar-refractivity contribution in [2.75, 3.05) is 0 Å². The lowest BCUT2D eigenvalue weighted by atomic mass is 9.99. The van der Waals surface area contributed by atoms with Crippen LogP contribution >= 0.6 is 15.9 Å². The second-order valence-corrected chi connectivity index (χ2v) is 6.19. The van der Waals surface area contributed by atoms with Crippen LogP contribution in [-0.4, -0.2) is 5.91 Å². The smallest absolute Gasteiger partial charge is 0.288 e. The highest BCUT2D eigenvalue weighted by Gasteiger charge is 2.35. The number of hydrogen-bond acceptors (Lipinski definition) is 3. The zero-order chi connectivity index (χ0) is 16.1. The van der Waals surface area contributed by atoms with Gasteiger partial charge in [-0.05, 0) is 35.9 Å². The predicted octanol–water partition coefficient (Wildman–Crippen LogP) is 3.53. The van der Waals surface area contributed by atoms with E-state index in [2.05, 4.69) is 21.2 Å². The van der Waals surface area contributed by atoms with Crippen molar-refractivity contribution in [2.24, 2.45) is 0 Å². The van der Waals surface area contributed by atoms with Crippen molar-refractivity contribution >= 4 is 32.8 Å². The third-order valence-corrected chi connectivity index (χ3v) is 4.35. The Morgan fingerprint density at radius 2 is 1.83 bits per heavy atom. The zero-order valence-electron chi connectivity index (χ0n) is 11.6. The molecule has 1 aliphatic rings. The summed E-state index contributed by atoms with van der Waals surface area (Å²) in [5, 5.41) is 3.11. The van der Waals surface area contributed by atoms with Gasteiger partial charge in [-0.2, -0.15) is 0 Å². The molecule has 1 amide bonds. The fraction of sp³-hybridized carbons (Fsp3) is 0.0588. The van der Waals surface area contributed by atoms with Crippen molar-refractivity contribution in [1.82, 2.24) is 5.32 Å². The van der Waals surface area contributed by atoms with Crippen molar-refractivity contribution in [2.45, 2.75) is 6.04 Å². The Balaban J connectivity index is 1.99. The molecule has 4 rings (SSSR count). The summed E-state index contributed by atoms with van der Waals surface area (Å²) in [4.78, 5) is 25.0. The van der Waals surface area contributed by atoms with E-state index in [1.165, 1.54) is 12.1 Å². The van der Waals surface area contributed by atoms with Gasteiger partial charge < -0.3 is 9.73 Å². The van der Waals surface area contributed by atoms with Crippen molar-refractivity contribution in [3.8, 4) is 0 Å². The monoisotopic (exact) mass is 373 g/mol. The fourth-order valence-electron chi connectivity index (χ4n) is 2.79. The number of fused-ring (bicyclic) bond motifs is 2. The van der Waals surface area contributed by atoms with Crippen molar-refractivity contribution in [3.05, 3.63) is 79.9 Å². The molecule has 0 spiro atoms. The minimum absolute atomic E-state index is 0.0131.